The summed E-state index contributed by atoms with van der Waals surface area (Å²) in [5.41, 5.74) is 0.459. The molecule has 1 aliphatic carbocycles. The van der Waals surface area contributed by atoms with Crippen LogP contribution in [0.3, 0.4) is 0 Å². The molecule has 0 radical (unpaired) electrons. The average Bonchev–Trinajstić information content (AvgIpc) is 2.77. The fraction of sp³-hybridized carbons (Fsp3) is 0.538. The third-order valence-corrected chi connectivity index (χ3v) is 7.30. The molecule has 2 nitrogen and oxygen atoms in total. The van der Waals surface area contributed by atoms with Gasteiger partial charge in [0.15, 0.2) is 0 Å². The number of allylic oxidation sites excluding steroid dienone is 1. The number of rotatable bonds is 10. The van der Waals surface area contributed by atoms with Crippen LogP contribution in [-0.2, 0) is 11.1 Å². The summed E-state index contributed by atoms with van der Waals surface area (Å²) in [5.74, 6) is 0. The van der Waals surface area contributed by atoms with Gasteiger partial charge in [0.1, 0.15) is 4.87 Å². The summed E-state index contributed by atoms with van der Waals surface area (Å²) in [6, 6.07) is 7.25. The topological polar surface area (TPSA) is 23.5 Å². The molecule has 1 N–H and O–H groups in total. The van der Waals surface area contributed by atoms with E-state index in [1.165, 1.54) is 6.07 Å². The summed E-state index contributed by atoms with van der Waals surface area (Å²) in [5, 5.41) is 12.8. The van der Waals surface area contributed by atoms with E-state index in [1.54, 1.807) is 12.1 Å². The largest absolute Gasteiger partial charge is 0.416 e. The van der Waals surface area contributed by atoms with Crippen LogP contribution in [-0.4, -0.2) is 35.7 Å². The van der Waals surface area contributed by atoms with E-state index in [2.05, 4.69) is 18.7 Å². The summed E-state index contributed by atoms with van der Waals surface area (Å²) in [6.07, 6.45) is 1.43. The number of hydrogen-bond acceptors (Lipinski definition) is 2. The zero-order valence-corrected chi connectivity index (χ0v) is 21.9. The van der Waals surface area contributed by atoms with Gasteiger partial charge >= 0.3 is 6.18 Å². The molecule has 2 unspecified atom stereocenters. The lowest BCUT2D eigenvalue weighted by atomic mass is 9.79. The van der Waals surface area contributed by atoms with Gasteiger partial charge in [-0.3, -0.25) is 0 Å². The van der Waals surface area contributed by atoms with E-state index in [0.717, 1.165) is 50.9 Å². The molecule has 2 aromatic carbocycles. The minimum Gasteiger partial charge on any atom is -0.391 e. The Morgan fingerprint density at radius 1 is 1.06 bits per heavy atom. The number of hydrogen-bond donors (Lipinski definition) is 1. The Kier molecular flexibility index (Phi) is 10.6. The van der Waals surface area contributed by atoms with E-state index in [1.807, 2.05) is 6.07 Å². The number of fused-ring (bicyclic) bond motifs is 3. The molecule has 34 heavy (non-hydrogen) atoms. The van der Waals surface area contributed by atoms with Gasteiger partial charge in [0.05, 0.1) is 11.7 Å². The Labute approximate surface area is 216 Å². The van der Waals surface area contributed by atoms with Crippen LogP contribution >= 0.6 is 35.6 Å². The first-order valence-corrected chi connectivity index (χ1v) is 12.5. The molecule has 2 aromatic rings. The van der Waals surface area contributed by atoms with E-state index in [-0.39, 0.29) is 18.8 Å². The van der Waals surface area contributed by atoms with Gasteiger partial charge in [-0.25, -0.2) is 0 Å². The normalized spacial score (nSPS) is 19.0. The molecule has 0 bridgehead atoms. The summed E-state index contributed by atoms with van der Waals surface area (Å²) >= 11 is 13.5. The smallest absolute Gasteiger partial charge is 0.391 e. The number of nitrogens with zero attached hydrogens (tertiary/aromatic N) is 1. The number of aliphatic hydroxyl groups is 1. The number of halogens is 6. The van der Waals surface area contributed by atoms with Crippen LogP contribution in [0.1, 0.15) is 69.1 Å². The van der Waals surface area contributed by atoms with E-state index in [4.69, 9.17) is 23.2 Å². The molecule has 0 spiro atoms. The predicted octanol–water partition coefficient (Wildman–Crippen LogP) is 8.35. The zero-order chi connectivity index (χ0) is 24.2. The van der Waals surface area contributed by atoms with Gasteiger partial charge in [-0.05, 0) is 72.5 Å². The fourth-order valence-electron chi connectivity index (χ4n) is 4.52. The second kappa shape index (κ2) is 12.3. The molecule has 1 aliphatic rings. The van der Waals surface area contributed by atoms with Crippen molar-refractivity contribution < 1.29 is 18.3 Å². The van der Waals surface area contributed by atoms with Crippen LogP contribution in [0, 0.1) is 0 Å². The van der Waals surface area contributed by atoms with Crippen molar-refractivity contribution in [2.75, 3.05) is 19.6 Å². The van der Waals surface area contributed by atoms with E-state index in [0.29, 0.717) is 39.9 Å². The first kappa shape index (κ1) is 29.3. The van der Waals surface area contributed by atoms with Crippen molar-refractivity contribution in [3.05, 3.63) is 52.1 Å². The van der Waals surface area contributed by atoms with Crippen LogP contribution in [0.15, 0.2) is 35.4 Å². The molecule has 3 rings (SSSR count). The lowest BCUT2D eigenvalue weighted by Gasteiger charge is -2.37. The highest BCUT2D eigenvalue weighted by molar-refractivity contribution is 6.34. The van der Waals surface area contributed by atoms with Gasteiger partial charge in [-0.1, -0.05) is 56.5 Å². The molecule has 0 amide bonds. The van der Waals surface area contributed by atoms with Crippen LogP contribution in [0.5, 0.6) is 0 Å². The standard InChI is InChI=1S/C26H32Cl2F3NO.ClH/c1-3-5-12-32(13-6-4-2)14-11-24(33)25(28)17-20(27)16-22-21-15-19(26(29,30)31)9-7-18(21)8-10-23(22)25;/h7-10,15-16,24,33H,3-6,11-14,17H2,1-2H3;1H. The second-order valence-electron chi connectivity index (χ2n) is 8.94. The minimum absolute atomic E-state index is 0. The lowest BCUT2D eigenvalue weighted by molar-refractivity contribution is -0.137. The first-order chi connectivity index (χ1) is 15.6. The molecular formula is C26H33Cl3F3NO. The molecule has 0 aromatic heterocycles. The highest BCUT2D eigenvalue weighted by Crippen LogP contribution is 2.49. The van der Waals surface area contributed by atoms with Gasteiger partial charge < -0.3 is 10.0 Å². The number of benzene rings is 2. The van der Waals surface area contributed by atoms with E-state index in [9.17, 15) is 18.3 Å². The predicted molar refractivity (Wildman–Crippen MR) is 139 cm³/mol. The van der Waals surface area contributed by atoms with Gasteiger partial charge in [-0.2, -0.15) is 13.2 Å². The maximum Gasteiger partial charge on any atom is 0.416 e. The highest BCUT2D eigenvalue weighted by atomic mass is 35.5. The van der Waals surface area contributed by atoms with Crippen molar-refractivity contribution in [1.82, 2.24) is 4.90 Å². The van der Waals surface area contributed by atoms with E-state index < -0.39 is 22.7 Å². The van der Waals surface area contributed by atoms with Crippen molar-refractivity contribution >= 4 is 52.5 Å². The Hall–Kier alpha value is -0.980. The minimum atomic E-state index is -4.45. The van der Waals surface area contributed by atoms with Gasteiger partial charge in [-0.15, -0.1) is 24.0 Å². The summed E-state index contributed by atoms with van der Waals surface area (Å²) in [4.78, 5) is 1.17. The third kappa shape index (κ3) is 6.61. The Balaban J connectivity index is 0.00000408. The molecule has 0 aliphatic heterocycles. The summed E-state index contributed by atoms with van der Waals surface area (Å²) < 4.78 is 40.0. The molecule has 0 saturated carbocycles. The maximum absolute atomic E-state index is 13.3. The van der Waals surface area contributed by atoms with Crippen LogP contribution in [0.25, 0.3) is 16.8 Å². The molecule has 0 fully saturated rings. The Bertz CT molecular complexity index is 987. The first-order valence-electron chi connectivity index (χ1n) is 11.7. The maximum atomic E-state index is 13.3. The SMILES string of the molecule is CCCCN(CCCC)CCC(O)C1(Cl)CC(Cl)=Cc2c1ccc1ccc(C(F)(F)F)cc21.Cl. The monoisotopic (exact) mass is 537 g/mol. The second-order valence-corrected chi connectivity index (χ2v) is 10.1. The average molecular weight is 539 g/mol. The lowest BCUT2D eigenvalue weighted by Crippen LogP contribution is -2.39. The molecule has 190 valence electrons. The fourth-order valence-corrected chi connectivity index (χ4v) is 5.32. The van der Waals surface area contributed by atoms with Crippen molar-refractivity contribution in [2.45, 2.75) is 69.5 Å². The number of unbranched alkanes of at least 4 members (excludes halogenated alkanes) is 2. The molecule has 0 heterocycles. The zero-order valence-electron chi connectivity index (χ0n) is 19.6. The van der Waals surface area contributed by atoms with Crippen molar-refractivity contribution in [3.63, 3.8) is 0 Å². The van der Waals surface area contributed by atoms with Crippen molar-refractivity contribution in [3.8, 4) is 0 Å². The van der Waals surface area contributed by atoms with Crippen LogP contribution in [0.4, 0.5) is 13.2 Å². The molecular weight excluding hydrogens is 506 g/mol. The molecule has 8 heteroatoms. The van der Waals surface area contributed by atoms with Gasteiger partial charge in [0.2, 0.25) is 0 Å². The highest BCUT2D eigenvalue weighted by Gasteiger charge is 2.42. The quantitative estimate of drug-likeness (QED) is 0.307. The Morgan fingerprint density at radius 3 is 2.26 bits per heavy atom. The summed E-state index contributed by atoms with van der Waals surface area (Å²) in [6.45, 7) is 6.96. The Morgan fingerprint density at radius 2 is 1.68 bits per heavy atom. The third-order valence-electron chi connectivity index (χ3n) is 6.47. The van der Waals surface area contributed by atoms with Gasteiger partial charge in [0.25, 0.3) is 0 Å². The molecule has 0 saturated heterocycles. The van der Waals surface area contributed by atoms with Crippen LogP contribution in [0.2, 0.25) is 0 Å². The van der Waals surface area contributed by atoms with Crippen molar-refractivity contribution in [2.24, 2.45) is 0 Å². The van der Waals surface area contributed by atoms with Gasteiger partial charge in [0, 0.05) is 18.0 Å². The summed E-state index contributed by atoms with van der Waals surface area (Å²) in [7, 11) is 0. The van der Waals surface area contributed by atoms with Crippen molar-refractivity contribution in [1.29, 1.82) is 0 Å². The number of alkyl halides is 4. The van der Waals surface area contributed by atoms with Crippen LogP contribution < -0.4 is 0 Å². The van der Waals surface area contributed by atoms with E-state index >= 15 is 0 Å². The number of aliphatic hydroxyl groups excluding tert-OH is 1. The molecule has 2 atom stereocenters.